The van der Waals surface area contributed by atoms with E-state index in [9.17, 15) is 18.0 Å². The number of hydrogen-bond acceptors (Lipinski definition) is 5. The fourth-order valence-electron chi connectivity index (χ4n) is 3.20. The standard InChI is InChI=1S/C18H15Cl2F3N4O2S/c1-9-14(16(28)24-13-7-30-8-13)6-27(25-9)15-5-17(29-26-15,18(21,22)23)10-2-11(19)4-12(20)3-10/h2-4,6,13H,5,7-8H2,1H3,(H,24,28). The molecule has 0 radical (unpaired) electrons. The molecule has 0 aliphatic carbocycles. The van der Waals surface area contributed by atoms with Crippen LogP contribution in [0.25, 0.3) is 0 Å². The minimum atomic E-state index is -4.81. The highest BCUT2D eigenvalue weighted by Crippen LogP contribution is 2.49. The second-order valence-electron chi connectivity index (χ2n) is 7.04. The van der Waals surface area contributed by atoms with E-state index in [2.05, 4.69) is 15.6 Å². The average Bonchev–Trinajstić information content (AvgIpc) is 3.21. The van der Waals surface area contributed by atoms with Crippen LogP contribution in [-0.2, 0) is 10.4 Å². The summed E-state index contributed by atoms with van der Waals surface area (Å²) in [5.74, 6) is 1.24. The van der Waals surface area contributed by atoms with E-state index in [0.717, 1.165) is 28.3 Å². The van der Waals surface area contributed by atoms with E-state index in [1.807, 2.05) is 0 Å². The van der Waals surface area contributed by atoms with Gasteiger partial charge >= 0.3 is 6.18 Å². The predicted molar refractivity (Wildman–Crippen MR) is 108 cm³/mol. The topological polar surface area (TPSA) is 68.5 Å². The molecule has 1 N–H and O–H groups in total. The van der Waals surface area contributed by atoms with Crippen LogP contribution in [0.15, 0.2) is 29.6 Å². The number of nitrogens with one attached hydrogen (secondary N) is 1. The van der Waals surface area contributed by atoms with E-state index in [-0.39, 0.29) is 39.0 Å². The van der Waals surface area contributed by atoms with E-state index in [0.29, 0.717) is 5.69 Å². The number of thioether (sulfide) groups is 1. The summed E-state index contributed by atoms with van der Waals surface area (Å²) in [5, 5.41) is 10.7. The molecule has 1 atom stereocenters. The first kappa shape index (κ1) is 21.3. The molecule has 0 spiro atoms. The van der Waals surface area contributed by atoms with Gasteiger partial charge in [-0.1, -0.05) is 28.4 Å². The normalized spacial score (nSPS) is 21.7. The molecule has 2 aliphatic rings. The van der Waals surface area contributed by atoms with Crippen molar-refractivity contribution in [2.24, 2.45) is 5.16 Å². The molecule has 6 nitrogen and oxygen atoms in total. The molecule has 1 aromatic carbocycles. The van der Waals surface area contributed by atoms with Crippen LogP contribution in [0.3, 0.4) is 0 Å². The first-order valence-corrected chi connectivity index (χ1v) is 10.7. The van der Waals surface area contributed by atoms with Gasteiger partial charge in [0, 0.05) is 39.4 Å². The van der Waals surface area contributed by atoms with Crippen LogP contribution in [0.2, 0.25) is 10.0 Å². The Morgan fingerprint density at radius 3 is 2.53 bits per heavy atom. The fourth-order valence-corrected chi connectivity index (χ4v) is 4.36. The van der Waals surface area contributed by atoms with Crippen molar-refractivity contribution in [1.29, 1.82) is 0 Å². The lowest BCUT2D eigenvalue weighted by molar-refractivity contribution is -0.275. The van der Waals surface area contributed by atoms with Gasteiger partial charge in [0.05, 0.1) is 17.7 Å². The number of nitrogens with zero attached hydrogens (tertiary/aromatic N) is 3. The molecule has 1 unspecified atom stereocenters. The summed E-state index contributed by atoms with van der Waals surface area (Å²) >= 11 is 13.5. The number of carbonyl (C=O) groups is 1. The number of oxime groups is 1. The van der Waals surface area contributed by atoms with Crippen molar-refractivity contribution in [3.05, 3.63) is 51.3 Å². The van der Waals surface area contributed by atoms with Gasteiger partial charge in [-0.15, -0.1) is 0 Å². The van der Waals surface area contributed by atoms with Crippen LogP contribution in [0.1, 0.15) is 28.0 Å². The van der Waals surface area contributed by atoms with Crippen molar-refractivity contribution in [2.45, 2.75) is 31.2 Å². The Bertz CT molecular complexity index is 1020. The number of hydrogen-bond donors (Lipinski definition) is 1. The van der Waals surface area contributed by atoms with Crippen LogP contribution in [0, 0.1) is 6.92 Å². The van der Waals surface area contributed by atoms with Gasteiger partial charge in [-0.3, -0.25) is 4.79 Å². The molecule has 0 saturated carbocycles. The molecule has 2 aliphatic heterocycles. The second-order valence-corrected chi connectivity index (χ2v) is 8.99. The Balaban J connectivity index is 1.63. The minimum Gasteiger partial charge on any atom is -0.372 e. The number of aromatic nitrogens is 2. The van der Waals surface area contributed by atoms with Crippen molar-refractivity contribution in [3.8, 4) is 0 Å². The molecule has 1 fully saturated rings. The molecule has 0 bridgehead atoms. The summed E-state index contributed by atoms with van der Waals surface area (Å²) in [4.78, 5) is 17.4. The van der Waals surface area contributed by atoms with Gasteiger partial charge in [-0.25, -0.2) is 4.68 Å². The van der Waals surface area contributed by atoms with E-state index in [4.69, 9.17) is 28.0 Å². The zero-order valence-corrected chi connectivity index (χ0v) is 17.8. The summed E-state index contributed by atoms with van der Waals surface area (Å²) in [6, 6.07) is 3.70. The summed E-state index contributed by atoms with van der Waals surface area (Å²) in [7, 11) is 0. The zero-order valence-electron chi connectivity index (χ0n) is 15.5. The van der Waals surface area contributed by atoms with Gasteiger partial charge in [0.25, 0.3) is 11.5 Å². The van der Waals surface area contributed by atoms with Gasteiger partial charge in [-0.05, 0) is 25.1 Å². The molecule has 160 valence electrons. The quantitative estimate of drug-likeness (QED) is 0.710. The van der Waals surface area contributed by atoms with E-state index < -0.39 is 18.2 Å². The molecule has 1 aromatic heterocycles. The maximum absolute atomic E-state index is 14.1. The fraction of sp³-hybridized carbons (Fsp3) is 0.389. The van der Waals surface area contributed by atoms with Crippen LogP contribution in [-0.4, -0.2) is 45.2 Å². The third kappa shape index (κ3) is 3.76. The first-order chi connectivity index (χ1) is 14.1. The van der Waals surface area contributed by atoms with Crippen molar-refractivity contribution in [3.63, 3.8) is 0 Å². The molecular formula is C18H15Cl2F3N4O2S. The number of alkyl halides is 3. The zero-order chi connectivity index (χ0) is 21.7. The molecule has 12 heteroatoms. The first-order valence-electron chi connectivity index (χ1n) is 8.83. The van der Waals surface area contributed by atoms with Gasteiger partial charge in [0.15, 0.2) is 5.84 Å². The van der Waals surface area contributed by atoms with Crippen molar-refractivity contribution in [2.75, 3.05) is 11.5 Å². The number of aryl methyl sites for hydroxylation is 1. The second kappa shape index (κ2) is 7.65. The molecule has 3 heterocycles. The largest absolute Gasteiger partial charge is 0.435 e. The Morgan fingerprint density at radius 1 is 1.30 bits per heavy atom. The van der Waals surface area contributed by atoms with Crippen LogP contribution in [0.5, 0.6) is 0 Å². The number of benzene rings is 1. The third-order valence-electron chi connectivity index (χ3n) is 4.88. The van der Waals surface area contributed by atoms with E-state index in [1.165, 1.54) is 12.3 Å². The molecule has 4 rings (SSSR count). The number of amides is 1. The molecule has 1 amide bonds. The Kier molecular flexibility index (Phi) is 5.44. The lowest BCUT2D eigenvalue weighted by Gasteiger charge is -2.29. The smallest absolute Gasteiger partial charge is 0.372 e. The minimum absolute atomic E-state index is 0.0428. The average molecular weight is 479 g/mol. The van der Waals surface area contributed by atoms with Crippen LogP contribution >= 0.6 is 35.0 Å². The molecule has 30 heavy (non-hydrogen) atoms. The summed E-state index contributed by atoms with van der Waals surface area (Å²) in [5.41, 5.74) is -2.39. The van der Waals surface area contributed by atoms with Gasteiger partial charge in [-0.2, -0.15) is 30.0 Å². The predicted octanol–water partition coefficient (Wildman–Crippen LogP) is 4.38. The maximum atomic E-state index is 14.1. The van der Waals surface area contributed by atoms with Crippen LogP contribution in [0.4, 0.5) is 13.2 Å². The van der Waals surface area contributed by atoms with Gasteiger partial charge in [0.2, 0.25) is 0 Å². The monoisotopic (exact) mass is 478 g/mol. The van der Waals surface area contributed by atoms with E-state index in [1.54, 1.807) is 18.7 Å². The van der Waals surface area contributed by atoms with Crippen LogP contribution < -0.4 is 5.32 Å². The summed E-state index contributed by atoms with van der Waals surface area (Å²) in [6.45, 7) is 1.60. The number of halogens is 5. The Labute approximate surface area is 183 Å². The number of rotatable bonds is 3. The number of carbonyl (C=O) groups excluding carboxylic acids is 1. The lowest BCUT2D eigenvalue weighted by Crippen LogP contribution is -2.43. The highest BCUT2D eigenvalue weighted by atomic mass is 35.5. The third-order valence-corrected chi connectivity index (χ3v) is 6.59. The van der Waals surface area contributed by atoms with Crippen molar-refractivity contribution >= 4 is 46.7 Å². The Hall–Kier alpha value is -1.91. The lowest BCUT2D eigenvalue weighted by atomic mass is 9.89. The highest BCUT2D eigenvalue weighted by molar-refractivity contribution is 8.00. The molecular weight excluding hydrogens is 464 g/mol. The van der Waals surface area contributed by atoms with Crippen molar-refractivity contribution in [1.82, 2.24) is 15.1 Å². The summed E-state index contributed by atoms with van der Waals surface area (Å²) < 4.78 is 43.4. The molecule has 1 saturated heterocycles. The molecule has 2 aromatic rings. The van der Waals surface area contributed by atoms with Crippen molar-refractivity contribution < 1.29 is 22.8 Å². The SMILES string of the molecule is Cc1nn(C2=NOC(c3cc(Cl)cc(Cl)c3)(C(F)(F)F)C2)cc1C(=O)NC1CSC1. The van der Waals surface area contributed by atoms with E-state index >= 15 is 0 Å². The van der Waals surface area contributed by atoms with Gasteiger partial charge < -0.3 is 10.2 Å². The highest BCUT2D eigenvalue weighted by Gasteiger charge is 2.62. The van der Waals surface area contributed by atoms with Gasteiger partial charge in [0.1, 0.15) is 0 Å². The Morgan fingerprint density at radius 2 is 1.97 bits per heavy atom. The maximum Gasteiger partial charge on any atom is 0.435 e. The summed E-state index contributed by atoms with van der Waals surface area (Å²) in [6.07, 6.45) is -4.11.